The van der Waals surface area contributed by atoms with Crippen molar-refractivity contribution >= 4 is 11.2 Å². The van der Waals surface area contributed by atoms with Gasteiger partial charge in [-0.25, -0.2) is 9.50 Å². The standard InChI is InChI=1S/C22H24N6O/c1-15-13-27(19-4-3-17(12-23)28-20(19)8-11-25-28)14-16-2-5-21(26-22(15)16)29-18-6-9-24-10-7-18/h2-5,8,11,15,18,24H,6-7,9-10,13-14H2,1H3/t15-/m1/s1. The topological polar surface area (TPSA) is 78.5 Å². The molecule has 148 valence electrons. The Bertz CT molecular complexity index is 1080. The van der Waals surface area contributed by atoms with Crippen LogP contribution in [0.25, 0.3) is 5.52 Å². The summed E-state index contributed by atoms with van der Waals surface area (Å²) in [4.78, 5) is 7.21. The Morgan fingerprint density at radius 1 is 1.17 bits per heavy atom. The summed E-state index contributed by atoms with van der Waals surface area (Å²) in [6, 6.07) is 12.2. The Morgan fingerprint density at radius 3 is 2.86 bits per heavy atom. The van der Waals surface area contributed by atoms with Crippen molar-refractivity contribution in [2.24, 2.45) is 0 Å². The number of nitrogens with one attached hydrogen (secondary N) is 1. The number of hydrogen-bond acceptors (Lipinski definition) is 6. The van der Waals surface area contributed by atoms with Crippen molar-refractivity contribution in [2.45, 2.75) is 38.3 Å². The number of nitrogens with zero attached hydrogens (tertiary/aromatic N) is 5. The molecule has 0 radical (unpaired) electrons. The smallest absolute Gasteiger partial charge is 0.213 e. The van der Waals surface area contributed by atoms with Crippen LogP contribution in [0.15, 0.2) is 36.5 Å². The zero-order chi connectivity index (χ0) is 19.8. The van der Waals surface area contributed by atoms with Crippen molar-refractivity contribution < 1.29 is 4.74 Å². The number of fused-ring (bicyclic) bond motifs is 2. The van der Waals surface area contributed by atoms with Gasteiger partial charge < -0.3 is 15.0 Å². The van der Waals surface area contributed by atoms with Crippen molar-refractivity contribution in [3.8, 4) is 11.9 Å². The summed E-state index contributed by atoms with van der Waals surface area (Å²) < 4.78 is 7.86. The predicted octanol–water partition coefficient (Wildman–Crippen LogP) is 2.86. The molecule has 3 aromatic rings. The van der Waals surface area contributed by atoms with Crippen molar-refractivity contribution in [3.63, 3.8) is 0 Å². The first kappa shape index (κ1) is 18.0. The maximum Gasteiger partial charge on any atom is 0.213 e. The Morgan fingerprint density at radius 2 is 2.03 bits per heavy atom. The van der Waals surface area contributed by atoms with Crippen LogP contribution in [0.2, 0.25) is 0 Å². The summed E-state index contributed by atoms with van der Waals surface area (Å²) in [6.45, 7) is 5.88. The molecule has 5 rings (SSSR count). The van der Waals surface area contributed by atoms with Gasteiger partial charge in [-0.2, -0.15) is 10.4 Å². The molecule has 0 saturated carbocycles. The molecule has 7 nitrogen and oxygen atoms in total. The first-order valence-electron chi connectivity index (χ1n) is 10.2. The molecule has 7 heteroatoms. The second-order valence-corrected chi connectivity index (χ2v) is 7.89. The van der Waals surface area contributed by atoms with E-state index in [0.717, 1.165) is 61.8 Å². The number of hydrogen-bond donors (Lipinski definition) is 1. The fourth-order valence-electron chi connectivity index (χ4n) is 4.42. The molecule has 0 bridgehead atoms. The van der Waals surface area contributed by atoms with E-state index in [2.05, 4.69) is 34.4 Å². The number of aromatic nitrogens is 3. The monoisotopic (exact) mass is 388 g/mol. The third-order valence-electron chi connectivity index (χ3n) is 5.87. The fraction of sp³-hybridized carbons (Fsp3) is 0.409. The lowest BCUT2D eigenvalue weighted by molar-refractivity contribution is 0.155. The molecule has 0 unspecified atom stereocenters. The molecule has 0 amide bonds. The SMILES string of the molecule is C[C@@H]1CN(c2ccc(C#N)n3nccc23)Cc2ccc(OC3CCNCC3)nc21. The van der Waals surface area contributed by atoms with Gasteiger partial charge in [-0.3, -0.25) is 0 Å². The van der Waals surface area contributed by atoms with E-state index in [1.165, 1.54) is 5.56 Å². The van der Waals surface area contributed by atoms with Crippen molar-refractivity contribution in [1.29, 1.82) is 5.26 Å². The van der Waals surface area contributed by atoms with Crippen LogP contribution in [-0.4, -0.2) is 40.3 Å². The van der Waals surface area contributed by atoms with E-state index in [9.17, 15) is 5.26 Å². The highest BCUT2D eigenvalue weighted by Crippen LogP contribution is 2.34. The second kappa shape index (κ2) is 7.37. The predicted molar refractivity (Wildman–Crippen MR) is 110 cm³/mol. The van der Waals surface area contributed by atoms with E-state index in [0.29, 0.717) is 5.69 Å². The Balaban J connectivity index is 1.41. The maximum atomic E-state index is 9.32. The fourth-order valence-corrected chi connectivity index (χ4v) is 4.42. The van der Waals surface area contributed by atoms with Crippen LogP contribution in [-0.2, 0) is 6.54 Å². The Kier molecular flexibility index (Phi) is 4.57. The summed E-state index contributed by atoms with van der Waals surface area (Å²) >= 11 is 0. The lowest BCUT2D eigenvalue weighted by atomic mass is 9.96. The molecule has 0 aromatic carbocycles. The van der Waals surface area contributed by atoms with E-state index >= 15 is 0 Å². The molecule has 2 aliphatic rings. The summed E-state index contributed by atoms with van der Waals surface area (Å²) in [5, 5.41) is 17.0. The van der Waals surface area contributed by atoms with Gasteiger partial charge in [0.2, 0.25) is 5.88 Å². The highest BCUT2D eigenvalue weighted by Gasteiger charge is 2.26. The summed E-state index contributed by atoms with van der Waals surface area (Å²) in [5.74, 6) is 1.03. The minimum atomic E-state index is 0.256. The molecular formula is C22H24N6O. The number of anilines is 1. The van der Waals surface area contributed by atoms with E-state index < -0.39 is 0 Å². The van der Waals surface area contributed by atoms with Gasteiger partial charge in [-0.05, 0) is 49.7 Å². The molecule has 2 aliphatic heterocycles. The van der Waals surface area contributed by atoms with E-state index in [1.54, 1.807) is 10.7 Å². The van der Waals surface area contributed by atoms with E-state index in [-0.39, 0.29) is 12.0 Å². The number of pyridine rings is 2. The van der Waals surface area contributed by atoms with Gasteiger partial charge in [0.1, 0.15) is 17.9 Å². The first-order chi connectivity index (χ1) is 14.2. The molecule has 1 saturated heterocycles. The molecule has 5 heterocycles. The number of piperidine rings is 1. The molecule has 0 spiro atoms. The lowest BCUT2D eigenvalue weighted by Crippen LogP contribution is -2.35. The number of ether oxygens (including phenoxy) is 1. The highest BCUT2D eigenvalue weighted by molar-refractivity contribution is 5.74. The molecule has 29 heavy (non-hydrogen) atoms. The highest BCUT2D eigenvalue weighted by atomic mass is 16.5. The third kappa shape index (κ3) is 3.30. The Hall–Kier alpha value is -3.11. The zero-order valence-electron chi connectivity index (χ0n) is 16.5. The normalized spacial score (nSPS) is 19.7. The van der Waals surface area contributed by atoms with E-state index in [4.69, 9.17) is 9.72 Å². The summed E-state index contributed by atoms with van der Waals surface area (Å²) in [7, 11) is 0. The van der Waals surface area contributed by atoms with Crippen LogP contribution in [0.5, 0.6) is 5.88 Å². The van der Waals surface area contributed by atoms with Crippen molar-refractivity contribution in [2.75, 3.05) is 24.5 Å². The molecule has 0 aliphatic carbocycles. The molecule has 1 atom stereocenters. The molecule has 3 aromatic heterocycles. The van der Waals surface area contributed by atoms with Gasteiger partial charge in [0, 0.05) is 25.1 Å². The largest absolute Gasteiger partial charge is 0.474 e. The van der Waals surface area contributed by atoms with Crippen LogP contribution in [0.3, 0.4) is 0 Å². The van der Waals surface area contributed by atoms with Gasteiger partial charge in [-0.1, -0.05) is 13.0 Å². The number of rotatable bonds is 3. The molecular weight excluding hydrogens is 364 g/mol. The average Bonchev–Trinajstić information content (AvgIpc) is 3.24. The summed E-state index contributed by atoms with van der Waals surface area (Å²) in [6.07, 6.45) is 4.06. The second-order valence-electron chi connectivity index (χ2n) is 7.89. The van der Waals surface area contributed by atoms with Crippen LogP contribution in [0.1, 0.15) is 42.6 Å². The Labute approximate surface area is 169 Å². The maximum absolute atomic E-state index is 9.32. The van der Waals surface area contributed by atoms with Crippen LogP contribution in [0.4, 0.5) is 5.69 Å². The van der Waals surface area contributed by atoms with Crippen LogP contribution in [0, 0.1) is 11.3 Å². The molecule has 1 fully saturated rings. The quantitative estimate of drug-likeness (QED) is 0.743. The minimum Gasteiger partial charge on any atom is -0.474 e. The molecule has 1 N–H and O–H groups in total. The minimum absolute atomic E-state index is 0.256. The van der Waals surface area contributed by atoms with Gasteiger partial charge in [-0.15, -0.1) is 0 Å². The average molecular weight is 388 g/mol. The van der Waals surface area contributed by atoms with Crippen molar-refractivity contribution in [1.82, 2.24) is 19.9 Å². The van der Waals surface area contributed by atoms with Gasteiger partial charge in [0.25, 0.3) is 0 Å². The van der Waals surface area contributed by atoms with Gasteiger partial charge in [0.15, 0.2) is 0 Å². The van der Waals surface area contributed by atoms with Crippen LogP contribution < -0.4 is 15.0 Å². The van der Waals surface area contributed by atoms with Gasteiger partial charge in [0.05, 0.1) is 23.1 Å². The van der Waals surface area contributed by atoms with Crippen molar-refractivity contribution in [3.05, 3.63) is 53.5 Å². The number of nitriles is 1. The summed E-state index contributed by atoms with van der Waals surface area (Å²) in [5.41, 5.74) is 4.95. The third-order valence-corrected chi connectivity index (χ3v) is 5.87. The zero-order valence-corrected chi connectivity index (χ0v) is 16.5. The first-order valence-corrected chi connectivity index (χ1v) is 10.2. The van der Waals surface area contributed by atoms with Gasteiger partial charge >= 0.3 is 0 Å². The lowest BCUT2D eigenvalue weighted by Gasteiger charge is -2.34. The van der Waals surface area contributed by atoms with E-state index in [1.807, 2.05) is 24.3 Å². The van der Waals surface area contributed by atoms with Crippen LogP contribution >= 0.6 is 0 Å².